The first-order valence-electron chi connectivity index (χ1n) is 4.70. The number of hydrogen-bond donors (Lipinski definition) is 1. The lowest BCUT2D eigenvalue weighted by Crippen LogP contribution is -1.98. The SMILES string of the molecule is CCc1nc(C=O)[nH]c1CC(C)C. The summed E-state index contributed by atoms with van der Waals surface area (Å²) in [7, 11) is 0. The molecule has 0 unspecified atom stereocenters. The van der Waals surface area contributed by atoms with Gasteiger partial charge in [-0.15, -0.1) is 0 Å². The van der Waals surface area contributed by atoms with Gasteiger partial charge in [-0.05, 0) is 18.8 Å². The Bertz CT molecular complexity index is 289. The second-order valence-electron chi connectivity index (χ2n) is 3.62. The van der Waals surface area contributed by atoms with Crippen LogP contribution < -0.4 is 0 Å². The Balaban J connectivity index is 2.90. The third kappa shape index (κ3) is 2.41. The van der Waals surface area contributed by atoms with Gasteiger partial charge in [-0.1, -0.05) is 20.8 Å². The van der Waals surface area contributed by atoms with Crippen molar-refractivity contribution in [1.82, 2.24) is 9.97 Å². The van der Waals surface area contributed by atoms with Gasteiger partial charge in [0.2, 0.25) is 0 Å². The summed E-state index contributed by atoms with van der Waals surface area (Å²) in [5.41, 5.74) is 2.13. The van der Waals surface area contributed by atoms with Gasteiger partial charge in [-0.25, -0.2) is 4.98 Å². The summed E-state index contributed by atoms with van der Waals surface area (Å²) >= 11 is 0. The van der Waals surface area contributed by atoms with Gasteiger partial charge < -0.3 is 4.98 Å². The predicted molar refractivity (Wildman–Crippen MR) is 51.9 cm³/mol. The zero-order valence-corrected chi connectivity index (χ0v) is 8.42. The molecule has 0 saturated heterocycles. The number of hydrogen-bond acceptors (Lipinski definition) is 2. The van der Waals surface area contributed by atoms with E-state index in [0.717, 1.165) is 30.5 Å². The van der Waals surface area contributed by atoms with Crippen molar-refractivity contribution in [3.63, 3.8) is 0 Å². The van der Waals surface area contributed by atoms with Crippen LogP contribution in [0.15, 0.2) is 0 Å². The highest BCUT2D eigenvalue weighted by Crippen LogP contribution is 2.11. The molecule has 0 aromatic carbocycles. The molecule has 1 heterocycles. The zero-order valence-electron chi connectivity index (χ0n) is 8.42. The number of nitrogens with one attached hydrogen (secondary N) is 1. The van der Waals surface area contributed by atoms with Crippen LogP contribution in [-0.4, -0.2) is 16.3 Å². The quantitative estimate of drug-likeness (QED) is 0.720. The molecule has 0 saturated carbocycles. The number of aromatic nitrogens is 2. The van der Waals surface area contributed by atoms with E-state index in [4.69, 9.17) is 0 Å². The summed E-state index contributed by atoms with van der Waals surface area (Å²) in [5, 5.41) is 0. The van der Waals surface area contributed by atoms with Gasteiger partial charge in [0.05, 0.1) is 5.69 Å². The Morgan fingerprint density at radius 1 is 1.54 bits per heavy atom. The molecule has 1 aromatic rings. The first-order chi connectivity index (χ1) is 6.17. The van der Waals surface area contributed by atoms with Crippen LogP contribution in [-0.2, 0) is 12.8 Å². The maximum Gasteiger partial charge on any atom is 0.185 e. The Morgan fingerprint density at radius 2 is 2.23 bits per heavy atom. The van der Waals surface area contributed by atoms with E-state index in [0.29, 0.717) is 11.7 Å². The monoisotopic (exact) mass is 180 g/mol. The number of rotatable bonds is 4. The fraction of sp³-hybridized carbons (Fsp3) is 0.600. The lowest BCUT2D eigenvalue weighted by atomic mass is 10.1. The van der Waals surface area contributed by atoms with Crippen molar-refractivity contribution in [2.24, 2.45) is 5.92 Å². The number of carbonyl (C=O) groups excluding carboxylic acids is 1. The van der Waals surface area contributed by atoms with Gasteiger partial charge in [0.25, 0.3) is 0 Å². The topological polar surface area (TPSA) is 45.8 Å². The molecule has 0 aliphatic heterocycles. The molecule has 0 spiro atoms. The van der Waals surface area contributed by atoms with Gasteiger partial charge in [-0.2, -0.15) is 0 Å². The molecule has 3 nitrogen and oxygen atoms in total. The van der Waals surface area contributed by atoms with E-state index >= 15 is 0 Å². The van der Waals surface area contributed by atoms with E-state index in [-0.39, 0.29) is 0 Å². The van der Waals surface area contributed by atoms with Gasteiger partial charge in [0.15, 0.2) is 12.1 Å². The van der Waals surface area contributed by atoms with E-state index in [9.17, 15) is 4.79 Å². The number of aldehydes is 1. The maximum absolute atomic E-state index is 10.5. The van der Waals surface area contributed by atoms with Crippen LogP contribution in [0.2, 0.25) is 0 Å². The highest BCUT2D eigenvalue weighted by atomic mass is 16.1. The summed E-state index contributed by atoms with van der Waals surface area (Å²) in [6, 6.07) is 0. The molecule has 3 heteroatoms. The third-order valence-electron chi connectivity index (χ3n) is 1.94. The second-order valence-corrected chi connectivity index (χ2v) is 3.62. The van der Waals surface area contributed by atoms with Gasteiger partial charge in [0, 0.05) is 5.69 Å². The lowest BCUT2D eigenvalue weighted by Gasteiger charge is -2.02. The van der Waals surface area contributed by atoms with Crippen LogP contribution >= 0.6 is 0 Å². The van der Waals surface area contributed by atoms with Gasteiger partial charge in [-0.3, -0.25) is 4.79 Å². The standard InChI is InChI=1S/C10H16N2O/c1-4-8-9(5-7(2)3)12-10(6-13)11-8/h6-7H,4-5H2,1-3H3,(H,11,12). The van der Waals surface area contributed by atoms with E-state index in [1.807, 2.05) is 0 Å². The van der Waals surface area contributed by atoms with Crippen molar-refractivity contribution in [2.75, 3.05) is 0 Å². The summed E-state index contributed by atoms with van der Waals surface area (Å²) in [6.45, 7) is 6.36. The van der Waals surface area contributed by atoms with Crippen LogP contribution in [0.1, 0.15) is 42.8 Å². The molecule has 0 bridgehead atoms. The van der Waals surface area contributed by atoms with Crippen LogP contribution in [0.5, 0.6) is 0 Å². The fourth-order valence-corrected chi connectivity index (χ4v) is 1.39. The number of nitrogens with zero attached hydrogens (tertiary/aromatic N) is 1. The van der Waals surface area contributed by atoms with Gasteiger partial charge >= 0.3 is 0 Å². The molecule has 1 N–H and O–H groups in total. The molecule has 0 atom stereocenters. The van der Waals surface area contributed by atoms with Crippen LogP contribution in [0.4, 0.5) is 0 Å². The Labute approximate surface area is 78.6 Å². The fourth-order valence-electron chi connectivity index (χ4n) is 1.39. The molecule has 13 heavy (non-hydrogen) atoms. The van der Waals surface area contributed by atoms with Crippen molar-refractivity contribution in [2.45, 2.75) is 33.6 Å². The van der Waals surface area contributed by atoms with Crippen molar-refractivity contribution in [1.29, 1.82) is 0 Å². The summed E-state index contributed by atoms with van der Waals surface area (Å²) in [5.74, 6) is 1.04. The number of carbonyl (C=O) groups is 1. The molecule has 1 rings (SSSR count). The second kappa shape index (κ2) is 4.21. The predicted octanol–water partition coefficient (Wildman–Crippen LogP) is 1.98. The summed E-state index contributed by atoms with van der Waals surface area (Å²) in [6.07, 6.45) is 2.61. The molecule has 1 aromatic heterocycles. The number of aryl methyl sites for hydroxylation is 1. The van der Waals surface area contributed by atoms with E-state index in [1.165, 1.54) is 0 Å². The number of aromatic amines is 1. The van der Waals surface area contributed by atoms with Crippen molar-refractivity contribution < 1.29 is 4.79 Å². The lowest BCUT2D eigenvalue weighted by molar-refractivity contribution is 0.111. The third-order valence-corrected chi connectivity index (χ3v) is 1.94. The molecule has 0 amide bonds. The first kappa shape index (κ1) is 9.96. The highest BCUT2D eigenvalue weighted by Gasteiger charge is 2.08. The molecular weight excluding hydrogens is 164 g/mol. The number of imidazole rings is 1. The first-order valence-corrected chi connectivity index (χ1v) is 4.70. The Morgan fingerprint density at radius 3 is 2.69 bits per heavy atom. The molecule has 72 valence electrons. The van der Waals surface area contributed by atoms with Gasteiger partial charge in [0.1, 0.15) is 0 Å². The largest absolute Gasteiger partial charge is 0.339 e. The molecule has 0 aliphatic carbocycles. The minimum atomic E-state index is 0.451. The highest BCUT2D eigenvalue weighted by molar-refractivity contribution is 5.69. The number of H-pyrrole nitrogens is 1. The maximum atomic E-state index is 10.5. The van der Waals surface area contributed by atoms with Crippen molar-refractivity contribution >= 4 is 6.29 Å². The van der Waals surface area contributed by atoms with E-state index in [2.05, 4.69) is 30.7 Å². The van der Waals surface area contributed by atoms with E-state index < -0.39 is 0 Å². The molecule has 0 radical (unpaired) electrons. The van der Waals surface area contributed by atoms with Crippen molar-refractivity contribution in [3.05, 3.63) is 17.2 Å². The van der Waals surface area contributed by atoms with Crippen LogP contribution in [0.3, 0.4) is 0 Å². The van der Waals surface area contributed by atoms with Crippen LogP contribution in [0, 0.1) is 5.92 Å². The van der Waals surface area contributed by atoms with Crippen molar-refractivity contribution in [3.8, 4) is 0 Å². The minimum Gasteiger partial charge on any atom is -0.339 e. The molecule has 0 aliphatic rings. The Kier molecular flexibility index (Phi) is 3.23. The van der Waals surface area contributed by atoms with Crippen LogP contribution in [0.25, 0.3) is 0 Å². The smallest absolute Gasteiger partial charge is 0.185 e. The Hall–Kier alpha value is -1.12. The minimum absolute atomic E-state index is 0.451. The average Bonchev–Trinajstić information content (AvgIpc) is 2.46. The normalized spacial score (nSPS) is 10.8. The van der Waals surface area contributed by atoms with E-state index in [1.54, 1.807) is 0 Å². The average molecular weight is 180 g/mol. The molecular formula is C10H16N2O. The summed E-state index contributed by atoms with van der Waals surface area (Å²) in [4.78, 5) is 17.7. The summed E-state index contributed by atoms with van der Waals surface area (Å²) < 4.78 is 0. The molecule has 0 fully saturated rings. The zero-order chi connectivity index (χ0) is 9.84.